The summed E-state index contributed by atoms with van der Waals surface area (Å²) < 4.78 is 11.4. The zero-order valence-corrected chi connectivity index (χ0v) is 11.7. The van der Waals surface area contributed by atoms with Crippen molar-refractivity contribution in [1.29, 1.82) is 0 Å². The molecule has 2 N–H and O–H groups in total. The lowest BCUT2D eigenvalue weighted by atomic mass is 10.0. The summed E-state index contributed by atoms with van der Waals surface area (Å²) in [5.74, 6) is 0.391. The Morgan fingerprint density at radius 3 is 2.62 bits per heavy atom. The first-order chi connectivity index (χ1) is 10.2. The number of rotatable bonds is 3. The number of carboxylic acid groups (broad SMARTS) is 1. The Kier molecular flexibility index (Phi) is 3.51. The number of benzene rings is 1. The third-order valence-electron chi connectivity index (χ3n) is 3.44. The van der Waals surface area contributed by atoms with Gasteiger partial charge in [-0.2, -0.15) is 5.10 Å². The number of aromatic nitrogens is 2. The third kappa shape index (κ3) is 2.56. The molecule has 6 nitrogen and oxygen atoms in total. The summed E-state index contributed by atoms with van der Waals surface area (Å²) in [6.45, 7) is 3.29. The number of nitrogens with zero attached hydrogens (tertiary/aromatic N) is 1. The van der Waals surface area contributed by atoms with Crippen LogP contribution in [0.25, 0.3) is 11.3 Å². The Hall–Kier alpha value is -2.50. The Labute approximate surface area is 121 Å². The summed E-state index contributed by atoms with van der Waals surface area (Å²) in [6.07, 6.45) is 1.64. The number of hydrogen-bond acceptors (Lipinski definition) is 4. The number of aryl methyl sites for hydroxylation is 1. The smallest absolute Gasteiger partial charge is 0.353 e. The van der Waals surface area contributed by atoms with Crippen molar-refractivity contribution >= 4 is 5.97 Å². The van der Waals surface area contributed by atoms with E-state index in [1.54, 1.807) is 0 Å². The fourth-order valence-corrected chi connectivity index (χ4v) is 2.35. The van der Waals surface area contributed by atoms with Crippen LogP contribution in [0, 0.1) is 0 Å². The van der Waals surface area contributed by atoms with Gasteiger partial charge in [-0.05, 0) is 30.2 Å². The molecule has 0 fully saturated rings. The number of H-pyrrole nitrogens is 1. The first-order valence-electron chi connectivity index (χ1n) is 6.90. The van der Waals surface area contributed by atoms with Gasteiger partial charge in [0, 0.05) is 12.0 Å². The summed E-state index contributed by atoms with van der Waals surface area (Å²) in [6, 6.07) is 5.35. The molecule has 110 valence electrons. The minimum absolute atomic E-state index is 0.0687. The van der Waals surface area contributed by atoms with Crippen LogP contribution in [0.1, 0.15) is 29.4 Å². The van der Waals surface area contributed by atoms with E-state index in [4.69, 9.17) is 14.6 Å². The minimum Gasteiger partial charge on any atom is -0.490 e. The SMILES string of the molecule is CCc1cc2c(cc1-c1cc(C(=O)O)[nH]n1)OCCCO2. The summed E-state index contributed by atoms with van der Waals surface area (Å²) in [4.78, 5) is 11.0. The molecule has 1 aromatic carbocycles. The van der Waals surface area contributed by atoms with Crippen LogP contribution in [0.4, 0.5) is 0 Å². The van der Waals surface area contributed by atoms with Gasteiger partial charge in [0.1, 0.15) is 5.69 Å². The van der Waals surface area contributed by atoms with E-state index in [-0.39, 0.29) is 5.69 Å². The molecule has 0 spiro atoms. The molecule has 0 saturated carbocycles. The second-order valence-corrected chi connectivity index (χ2v) is 4.83. The van der Waals surface area contributed by atoms with E-state index in [1.807, 2.05) is 19.1 Å². The number of carbonyl (C=O) groups is 1. The van der Waals surface area contributed by atoms with Crippen LogP contribution in [0.5, 0.6) is 11.5 Å². The van der Waals surface area contributed by atoms with Crippen molar-refractivity contribution in [2.45, 2.75) is 19.8 Å². The predicted molar refractivity (Wildman–Crippen MR) is 76.0 cm³/mol. The summed E-state index contributed by atoms with van der Waals surface area (Å²) >= 11 is 0. The Morgan fingerprint density at radius 2 is 2.00 bits per heavy atom. The predicted octanol–water partition coefficient (Wildman–Crippen LogP) is 2.50. The molecule has 0 saturated heterocycles. The summed E-state index contributed by atoms with van der Waals surface area (Å²) in [5.41, 5.74) is 2.58. The molecule has 0 aliphatic carbocycles. The molecule has 3 rings (SSSR count). The van der Waals surface area contributed by atoms with Gasteiger partial charge in [0.25, 0.3) is 0 Å². The second-order valence-electron chi connectivity index (χ2n) is 4.83. The van der Waals surface area contributed by atoms with Crippen LogP contribution in [0.2, 0.25) is 0 Å². The van der Waals surface area contributed by atoms with Crippen LogP contribution >= 0.6 is 0 Å². The lowest BCUT2D eigenvalue weighted by Gasteiger charge is -2.12. The van der Waals surface area contributed by atoms with Crippen LogP contribution in [-0.4, -0.2) is 34.5 Å². The van der Waals surface area contributed by atoms with Gasteiger partial charge in [0.15, 0.2) is 11.5 Å². The standard InChI is InChI=1S/C15H16N2O4/c1-2-9-6-13-14(21-5-3-4-20-13)7-10(9)11-8-12(15(18)19)17-16-11/h6-8H,2-5H2,1H3,(H,16,17)(H,18,19). The number of fused-ring (bicyclic) bond motifs is 1. The molecule has 1 aliphatic heterocycles. The Bertz CT molecular complexity index is 678. The molecule has 21 heavy (non-hydrogen) atoms. The number of aromatic amines is 1. The molecule has 0 atom stereocenters. The fourth-order valence-electron chi connectivity index (χ4n) is 2.35. The lowest BCUT2D eigenvalue weighted by molar-refractivity contribution is 0.0690. The average Bonchev–Trinajstić information content (AvgIpc) is 2.86. The normalized spacial score (nSPS) is 13.8. The largest absolute Gasteiger partial charge is 0.490 e. The van der Waals surface area contributed by atoms with Crippen molar-refractivity contribution in [1.82, 2.24) is 10.2 Å². The topological polar surface area (TPSA) is 84.4 Å². The first kappa shape index (κ1) is 13.5. The first-order valence-corrected chi connectivity index (χ1v) is 6.90. The van der Waals surface area contributed by atoms with Gasteiger partial charge in [0.2, 0.25) is 0 Å². The zero-order valence-electron chi connectivity index (χ0n) is 11.7. The number of ether oxygens (including phenoxy) is 2. The van der Waals surface area contributed by atoms with Gasteiger partial charge >= 0.3 is 5.97 Å². The quantitative estimate of drug-likeness (QED) is 0.906. The van der Waals surface area contributed by atoms with Crippen molar-refractivity contribution in [2.24, 2.45) is 0 Å². The molecule has 2 aromatic rings. The molecule has 0 amide bonds. The van der Waals surface area contributed by atoms with Crippen molar-refractivity contribution < 1.29 is 19.4 Å². The van der Waals surface area contributed by atoms with Gasteiger partial charge in [-0.15, -0.1) is 0 Å². The highest BCUT2D eigenvalue weighted by Crippen LogP contribution is 2.37. The maximum Gasteiger partial charge on any atom is 0.353 e. The third-order valence-corrected chi connectivity index (χ3v) is 3.44. The monoisotopic (exact) mass is 288 g/mol. The summed E-state index contributed by atoms with van der Waals surface area (Å²) in [5, 5.41) is 15.6. The van der Waals surface area contributed by atoms with Crippen LogP contribution < -0.4 is 9.47 Å². The van der Waals surface area contributed by atoms with E-state index < -0.39 is 5.97 Å². The van der Waals surface area contributed by atoms with Crippen molar-refractivity contribution in [3.63, 3.8) is 0 Å². The molecule has 0 radical (unpaired) electrons. The number of aromatic carboxylic acids is 1. The number of nitrogens with one attached hydrogen (secondary N) is 1. The fraction of sp³-hybridized carbons (Fsp3) is 0.333. The molecule has 1 aromatic heterocycles. The minimum atomic E-state index is -1.03. The van der Waals surface area contributed by atoms with Gasteiger partial charge < -0.3 is 14.6 Å². The van der Waals surface area contributed by atoms with Crippen molar-refractivity contribution in [3.05, 3.63) is 29.5 Å². The molecular weight excluding hydrogens is 272 g/mol. The highest BCUT2D eigenvalue weighted by Gasteiger charge is 2.17. The van der Waals surface area contributed by atoms with Crippen LogP contribution in [-0.2, 0) is 6.42 Å². The number of carboxylic acids is 1. The molecule has 0 unspecified atom stereocenters. The van der Waals surface area contributed by atoms with E-state index >= 15 is 0 Å². The van der Waals surface area contributed by atoms with E-state index in [1.165, 1.54) is 6.07 Å². The molecule has 6 heteroatoms. The zero-order chi connectivity index (χ0) is 14.8. The Balaban J connectivity index is 2.07. The highest BCUT2D eigenvalue weighted by molar-refractivity contribution is 5.87. The maximum atomic E-state index is 11.0. The molecule has 0 bridgehead atoms. The maximum absolute atomic E-state index is 11.0. The van der Waals surface area contributed by atoms with Gasteiger partial charge in [-0.1, -0.05) is 6.92 Å². The van der Waals surface area contributed by atoms with Gasteiger partial charge in [0.05, 0.1) is 18.9 Å². The lowest BCUT2D eigenvalue weighted by Crippen LogP contribution is -1.97. The summed E-state index contributed by atoms with van der Waals surface area (Å²) in [7, 11) is 0. The molecule has 1 aliphatic rings. The van der Waals surface area contributed by atoms with Gasteiger partial charge in [-0.25, -0.2) is 4.79 Å². The van der Waals surface area contributed by atoms with Crippen molar-refractivity contribution in [3.8, 4) is 22.8 Å². The van der Waals surface area contributed by atoms with Gasteiger partial charge in [-0.3, -0.25) is 5.10 Å². The van der Waals surface area contributed by atoms with E-state index in [2.05, 4.69) is 10.2 Å². The highest BCUT2D eigenvalue weighted by atomic mass is 16.5. The number of hydrogen-bond donors (Lipinski definition) is 2. The van der Waals surface area contributed by atoms with E-state index in [0.29, 0.717) is 24.7 Å². The molecular formula is C15H16N2O4. The molecule has 2 heterocycles. The second kappa shape index (κ2) is 5.47. The van der Waals surface area contributed by atoms with Crippen LogP contribution in [0.3, 0.4) is 0 Å². The Morgan fingerprint density at radius 1 is 1.29 bits per heavy atom. The average molecular weight is 288 g/mol. The van der Waals surface area contributed by atoms with Crippen molar-refractivity contribution in [2.75, 3.05) is 13.2 Å². The van der Waals surface area contributed by atoms with E-state index in [0.717, 1.165) is 29.7 Å². The van der Waals surface area contributed by atoms with E-state index in [9.17, 15) is 4.79 Å². The van der Waals surface area contributed by atoms with Crippen LogP contribution in [0.15, 0.2) is 18.2 Å².